The summed E-state index contributed by atoms with van der Waals surface area (Å²) < 4.78 is 6.35. The predicted molar refractivity (Wildman–Crippen MR) is 73.9 cm³/mol. The summed E-state index contributed by atoms with van der Waals surface area (Å²) in [6, 6.07) is 5.51. The minimum atomic E-state index is -0.367. The maximum Gasteiger partial charge on any atom is 0.283 e. The predicted octanol–water partition coefficient (Wildman–Crippen LogP) is 2.77. The lowest BCUT2D eigenvalue weighted by Crippen LogP contribution is -2.37. The molecule has 3 unspecified atom stereocenters. The molecule has 2 saturated heterocycles. The number of nitrogens with zero attached hydrogens (tertiary/aromatic N) is 1. The fourth-order valence-corrected chi connectivity index (χ4v) is 3.49. The first-order chi connectivity index (χ1) is 9.15. The first-order valence-corrected chi connectivity index (χ1v) is 7.25. The van der Waals surface area contributed by atoms with Crippen molar-refractivity contribution in [1.82, 2.24) is 5.32 Å². The molecule has 0 aromatic heterocycles. The van der Waals surface area contributed by atoms with Crippen LogP contribution in [0.25, 0.3) is 0 Å². The molecule has 3 rings (SSSR count). The Morgan fingerprint density at radius 2 is 2.32 bits per heavy atom. The summed E-state index contributed by atoms with van der Waals surface area (Å²) in [5.41, 5.74) is 1.03. The van der Waals surface area contributed by atoms with Gasteiger partial charge in [-0.15, -0.1) is 0 Å². The highest BCUT2D eigenvalue weighted by Gasteiger charge is 2.40. The van der Waals surface area contributed by atoms with E-state index in [1.165, 1.54) is 12.5 Å². The number of benzene rings is 1. The largest absolute Gasteiger partial charge is 0.373 e. The fraction of sp³-hybridized carbons (Fsp3) is 0.538. The van der Waals surface area contributed by atoms with Crippen molar-refractivity contribution in [2.24, 2.45) is 0 Å². The molecule has 1 N–H and O–H groups in total. The lowest BCUT2D eigenvalue weighted by molar-refractivity contribution is -0.385. The Kier molecular flexibility index (Phi) is 3.56. The van der Waals surface area contributed by atoms with Gasteiger partial charge in [0.15, 0.2) is 0 Å². The summed E-state index contributed by atoms with van der Waals surface area (Å²) in [5, 5.41) is 14.3. The monoisotopic (exact) mass is 326 g/mol. The van der Waals surface area contributed by atoms with Gasteiger partial charge >= 0.3 is 0 Å². The van der Waals surface area contributed by atoms with Gasteiger partial charge in [-0.1, -0.05) is 12.1 Å². The van der Waals surface area contributed by atoms with Crippen LogP contribution < -0.4 is 5.32 Å². The molecule has 2 aliphatic heterocycles. The molecular weight excluding hydrogens is 312 g/mol. The molecule has 2 bridgehead atoms. The van der Waals surface area contributed by atoms with Gasteiger partial charge in [-0.2, -0.15) is 0 Å². The molecule has 1 aromatic carbocycles. The molecule has 1 aromatic rings. The molecule has 19 heavy (non-hydrogen) atoms. The van der Waals surface area contributed by atoms with E-state index in [4.69, 9.17) is 4.74 Å². The van der Waals surface area contributed by atoms with Crippen LogP contribution in [0.3, 0.4) is 0 Å². The Morgan fingerprint density at radius 1 is 1.47 bits per heavy atom. The summed E-state index contributed by atoms with van der Waals surface area (Å²) in [7, 11) is 0. The van der Waals surface area contributed by atoms with Crippen molar-refractivity contribution >= 4 is 21.6 Å². The highest BCUT2D eigenvalue weighted by molar-refractivity contribution is 9.10. The zero-order chi connectivity index (χ0) is 13.4. The van der Waals surface area contributed by atoms with E-state index in [0.29, 0.717) is 29.3 Å². The molecule has 0 saturated carbocycles. The van der Waals surface area contributed by atoms with Crippen LogP contribution in [0, 0.1) is 10.1 Å². The Hall–Kier alpha value is -0.980. The number of halogens is 1. The van der Waals surface area contributed by atoms with Gasteiger partial charge in [-0.25, -0.2) is 0 Å². The van der Waals surface area contributed by atoms with Crippen molar-refractivity contribution in [3.05, 3.63) is 38.3 Å². The van der Waals surface area contributed by atoms with Crippen molar-refractivity contribution in [2.75, 3.05) is 0 Å². The molecule has 0 amide bonds. The zero-order valence-corrected chi connectivity index (χ0v) is 11.9. The lowest BCUT2D eigenvalue weighted by atomic mass is 9.95. The van der Waals surface area contributed by atoms with E-state index in [-0.39, 0.29) is 10.6 Å². The molecule has 0 radical (unpaired) electrons. The van der Waals surface area contributed by atoms with Crippen LogP contribution >= 0.6 is 15.9 Å². The van der Waals surface area contributed by atoms with Crippen molar-refractivity contribution in [3.8, 4) is 0 Å². The van der Waals surface area contributed by atoms with Gasteiger partial charge in [0.05, 0.1) is 21.6 Å². The van der Waals surface area contributed by atoms with Crippen molar-refractivity contribution < 1.29 is 9.66 Å². The normalized spacial score (nSPS) is 28.8. The van der Waals surface area contributed by atoms with E-state index in [1.54, 1.807) is 6.07 Å². The summed E-state index contributed by atoms with van der Waals surface area (Å²) in [4.78, 5) is 10.5. The number of nitro benzene ring substituents is 1. The highest BCUT2D eigenvalue weighted by atomic mass is 79.9. The third-order valence-corrected chi connectivity index (χ3v) is 4.83. The summed E-state index contributed by atoms with van der Waals surface area (Å²) in [5.74, 6) is 0. The van der Waals surface area contributed by atoms with E-state index in [9.17, 15) is 10.1 Å². The van der Waals surface area contributed by atoms with Gasteiger partial charge in [0.25, 0.3) is 5.69 Å². The Balaban J connectivity index is 1.67. The Labute approximate surface area is 119 Å². The van der Waals surface area contributed by atoms with Gasteiger partial charge in [-0.05, 0) is 40.8 Å². The van der Waals surface area contributed by atoms with Crippen LogP contribution in [-0.4, -0.2) is 23.2 Å². The quantitative estimate of drug-likeness (QED) is 0.682. The molecule has 3 atom stereocenters. The summed E-state index contributed by atoms with van der Waals surface area (Å²) in [6.45, 7) is 0.625. The second-order valence-corrected chi connectivity index (χ2v) is 5.90. The third-order valence-electron chi connectivity index (χ3n) is 3.92. The number of rotatable bonds is 4. The summed E-state index contributed by atoms with van der Waals surface area (Å²) in [6.07, 6.45) is 4.08. The van der Waals surface area contributed by atoms with Crippen LogP contribution in [0.2, 0.25) is 0 Å². The number of nitro groups is 1. The number of fused-ring (bicyclic) bond motifs is 2. The number of hydrogen-bond acceptors (Lipinski definition) is 4. The first-order valence-electron chi connectivity index (χ1n) is 6.46. The fourth-order valence-electron chi connectivity index (χ4n) is 2.94. The van der Waals surface area contributed by atoms with E-state index >= 15 is 0 Å². The van der Waals surface area contributed by atoms with Crippen LogP contribution in [0.15, 0.2) is 22.7 Å². The molecule has 6 heteroatoms. The van der Waals surface area contributed by atoms with E-state index in [1.807, 2.05) is 6.07 Å². The molecule has 0 spiro atoms. The molecule has 0 aliphatic carbocycles. The van der Waals surface area contributed by atoms with Crippen LogP contribution in [-0.2, 0) is 11.3 Å². The average molecular weight is 327 g/mol. The minimum Gasteiger partial charge on any atom is -0.373 e. The molecule has 2 fully saturated rings. The van der Waals surface area contributed by atoms with Crippen molar-refractivity contribution in [3.63, 3.8) is 0 Å². The van der Waals surface area contributed by atoms with Crippen LogP contribution in [0.4, 0.5) is 5.69 Å². The van der Waals surface area contributed by atoms with E-state index in [0.717, 1.165) is 18.4 Å². The smallest absolute Gasteiger partial charge is 0.283 e. The zero-order valence-electron chi connectivity index (χ0n) is 10.3. The number of ether oxygens (including phenoxy) is 1. The minimum absolute atomic E-state index is 0.114. The standard InChI is InChI=1S/C13H15BrN2O3/c14-13-8(2-1-3-11(13)16(17)18)7-15-10-6-9-4-5-12(10)19-9/h1-3,9-10,12,15H,4-7H2. The van der Waals surface area contributed by atoms with Crippen LogP contribution in [0.5, 0.6) is 0 Å². The number of hydrogen-bond donors (Lipinski definition) is 1. The average Bonchev–Trinajstić information content (AvgIpc) is 2.99. The molecule has 5 nitrogen and oxygen atoms in total. The van der Waals surface area contributed by atoms with Crippen LogP contribution in [0.1, 0.15) is 24.8 Å². The second kappa shape index (κ2) is 5.19. The van der Waals surface area contributed by atoms with Crippen molar-refractivity contribution in [1.29, 1.82) is 0 Å². The topological polar surface area (TPSA) is 64.4 Å². The van der Waals surface area contributed by atoms with E-state index < -0.39 is 0 Å². The van der Waals surface area contributed by atoms with Gasteiger partial charge in [0.2, 0.25) is 0 Å². The maximum atomic E-state index is 10.9. The number of nitrogens with one attached hydrogen (secondary N) is 1. The molecule has 2 heterocycles. The SMILES string of the molecule is O=[N+]([O-])c1cccc(CNC2CC3CCC2O3)c1Br. The Morgan fingerprint density at radius 3 is 2.95 bits per heavy atom. The molecule has 102 valence electrons. The molecular formula is C13H15BrN2O3. The molecule has 2 aliphatic rings. The van der Waals surface area contributed by atoms with Crippen molar-refractivity contribution in [2.45, 2.75) is 44.1 Å². The summed E-state index contributed by atoms with van der Waals surface area (Å²) >= 11 is 3.32. The lowest BCUT2D eigenvalue weighted by Gasteiger charge is -2.20. The van der Waals surface area contributed by atoms with E-state index in [2.05, 4.69) is 21.2 Å². The highest BCUT2D eigenvalue weighted by Crippen LogP contribution is 2.35. The maximum absolute atomic E-state index is 10.9. The third kappa shape index (κ3) is 2.52. The van der Waals surface area contributed by atoms with Gasteiger partial charge in [0.1, 0.15) is 0 Å². The van der Waals surface area contributed by atoms with Gasteiger partial charge in [-0.3, -0.25) is 10.1 Å². The Bertz CT molecular complexity index is 509. The second-order valence-electron chi connectivity index (χ2n) is 5.10. The van der Waals surface area contributed by atoms with Gasteiger partial charge < -0.3 is 10.1 Å². The first kappa shape index (κ1) is 13.0. The van der Waals surface area contributed by atoms with Gasteiger partial charge in [0, 0.05) is 18.7 Å².